The van der Waals surface area contributed by atoms with Gasteiger partial charge in [0, 0.05) is 28.9 Å². The number of benzene rings is 2. The number of carbonyl (C=O) groups is 1. The first-order chi connectivity index (χ1) is 12.4. The molecular formula is C20H16ClFN2O2. The van der Waals surface area contributed by atoms with E-state index in [4.69, 9.17) is 11.6 Å². The second-order valence-corrected chi connectivity index (χ2v) is 6.25. The third-order valence-corrected chi connectivity index (χ3v) is 4.43. The van der Waals surface area contributed by atoms with E-state index in [1.807, 2.05) is 24.5 Å². The standard InChI is InChI=1S/C20H16ClFN2O2/c1-12-9-14(11-23-19-6-4-3-5-18(19)22)13(2)24(12)15-7-8-17(21)16(10-15)20(25)26/h3-11H,1-2H3,(H,25,26). The summed E-state index contributed by atoms with van der Waals surface area (Å²) in [5, 5.41) is 9.45. The molecule has 0 bridgehead atoms. The monoisotopic (exact) mass is 370 g/mol. The van der Waals surface area contributed by atoms with Crippen molar-refractivity contribution in [3.05, 3.63) is 81.9 Å². The van der Waals surface area contributed by atoms with E-state index >= 15 is 0 Å². The van der Waals surface area contributed by atoms with Crippen molar-refractivity contribution in [2.24, 2.45) is 4.99 Å². The average molecular weight is 371 g/mol. The van der Waals surface area contributed by atoms with Gasteiger partial charge in [0.1, 0.15) is 5.82 Å². The van der Waals surface area contributed by atoms with Crippen molar-refractivity contribution in [1.29, 1.82) is 0 Å². The Balaban J connectivity index is 2.03. The Morgan fingerprint density at radius 1 is 1.19 bits per heavy atom. The average Bonchev–Trinajstić information content (AvgIpc) is 2.88. The van der Waals surface area contributed by atoms with Gasteiger partial charge in [0.15, 0.2) is 0 Å². The number of nitrogens with zero attached hydrogens (tertiary/aromatic N) is 2. The van der Waals surface area contributed by atoms with E-state index in [-0.39, 0.29) is 22.1 Å². The molecule has 3 aromatic rings. The highest BCUT2D eigenvalue weighted by atomic mass is 35.5. The molecule has 0 amide bonds. The molecule has 1 heterocycles. The maximum Gasteiger partial charge on any atom is 0.337 e. The van der Waals surface area contributed by atoms with Gasteiger partial charge in [0.05, 0.1) is 16.3 Å². The minimum absolute atomic E-state index is 0.0400. The lowest BCUT2D eigenvalue weighted by molar-refractivity contribution is 0.0697. The minimum Gasteiger partial charge on any atom is -0.478 e. The molecule has 0 saturated carbocycles. The fourth-order valence-corrected chi connectivity index (χ4v) is 3.03. The molecule has 0 saturated heterocycles. The van der Waals surface area contributed by atoms with E-state index in [2.05, 4.69) is 4.99 Å². The van der Waals surface area contributed by atoms with E-state index in [1.165, 1.54) is 12.1 Å². The van der Waals surface area contributed by atoms with Crippen molar-refractivity contribution in [1.82, 2.24) is 4.57 Å². The third kappa shape index (κ3) is 3.39. The Bertz CT molecular complexity index is 1020. The number of aromatic nitrogens is 1. The van der Waals surface area contributed by atoms with Crippen molar-refractivity contribution in [2.45, 2.75) is 13.8 Å². The van der Waals surface area contributed by atoms with E-state index in [9.17, 15) is 14.3 Å². The molecule has 0 aliphatic rings. The first-order valence-electron chi connectivity index (χ1n) is 7.89. The highest BCUT2D eigenvalue weighted by Crippen LogP contribution is 2.25. The van der Waals surface area contributed by atoms with Gasteiger partial charge in [-0.3, -0.25) is 4.99 Å². The molecule has 0 fully saturated rings. The fourth-order valence-electron chi connectivity index (χ4n) is 2.83. The number of para-hydroxylation sites is 1. The Morgan fingerprint density at radius 3 is 2.62 bits per heavy atom. The van der Waals surface area contributed by atoms with Crippen LogP contribution in [0.1, 0.15) is 27.3 Å². The Labute approximate surface area is 155 Å². The normalized spacial score (nSPS) is 11.2. The van der Waals surface area contributed by atoms with Gasteiger partial charge in [0.2, 0.25) is 0 Å². The summed E-state index contributed by atoms with van der Waals surface area (Å²) in [6.45, 7) is 3.80. The van der Waals surface area contributed by atoms with Crippen LogP contribution in [-0.4, -0.2) is 21.9 Å². The number of rotatable bonds is 4. The van der Waals surface area contributed by atoms with Gasteiger partial charge in [-0.05, 0) is 50.2 Å². The highest BCUT2D eigenvalue weighted by Gasteiger charge is 2.14. The van der Waals surface area contributed by atoms with Crippen LogP contribution in [0.2, 0.25) is 5.02 Å². The number of aliphatic imine (C=N–C) groups is 1. The molecule has 4 nitrogen and oxygen atoms in total. The quantitative estimate of drug-likeness (QED) is 0.630. The lowest BCUT2D eigenvalue weighted by Gasteiger charge is -2.11. The molecule has 0 aliphatic heterocycles. The summed E-state index contributed by atoms with van der Waals surface area (Å²) in [5.74, 6) is -1.47. The SMILES string of the molecule is Cc1cc(C=Nc2ccccc2F)c(C)n1-c1ccc(Cl)c(C(=O)O)c1. The number of aryl methyl sites for hydroxylation is 1. The lowest BCUT2D eigenvalue weighted by atomic mass is 10.2. The first kappa shape index (κ1) is 17.9. The van der Waals surface area contributed by atoms with Crippen molar-refractivity contribution in [2.75, 3.05) is 0 Å². The summed E-state index contributed by atoms with van der Waals surface area (Å²) in [7, 11) is 0. The summed E-state index contributed by atoms with van der Waals surface area (Å²) in [6, 6.07) is 13.1. The van der Waals surface area contributed by atoms with Crippen LogP contribution in [-0.2, 0) is 0 Å². The van der Waals surface area contributed by atoms with Gasteiger partial charge >= 0.3 is 5.97 Å². The lowest BCUT2D eigenvalue weighted by Crippen LogP contribution is -2.03. The summed E-state index contributed by atoms with van der Waals surface area (Å²) in [6.07, 6.45) is 1.60. The van der Waals surface area contributed by atoms with Crippen molar-refractivity contribution >= 4 is 29.5 Å². The largest absolute Gasteiger partial charge is 0.478 e. The van der Waals surface area contributed by atoms with Crippen LogP contribution in [0.25, 0.3) is 5.69 Å². The number of hydrogen-bond donors (Lipinski definition) is 1. The molecule has 0 spiro atoms. The van der Waals surface area contributed by atoms with Crippen molar-refractivity contribution < 1.29 is 14.3 Å². The molecule has 3 rings (SSSR count). The molecule has 1 aromatic heterocycles. The Kier molecular flexibility index (Phi) is 4.91. The van der Waals surface area contributed by atoms with Gasteiger partial charge < -0.3 is 9.67 Å². The van der Waals surface area contributed by atoms with E-state index in [0.717, 1.165) is 17.0 Å². The van der Waals surface area contributed by atoms with Gasteiger partial charge in [-0.25, -0.2) is 9.18 Å². The smallest absolute Gasteiger partial charge is 0.337 e. The predicted octanol–water partition coefficient (Wildman–Crippen LogP) is 5.34. The minimum atomic E-state index is -1.08. The van der Waals surface area contributed by atoms with Gasteiger partial charge in [0.25, 0.3) is 0 Å². The second-order valence-electron chi connectivity index (χ2n) is 5.84. The Hall–Kier alpha value is -2.92. The molecule has 1 N–H and O–H groups in total. The van der Waals surface area contributed by atoms with E-state index in [1.54, 1.807) is 36.5 Å². The van der Waals surface area contributed by atoms with Crippen LogP contribution in [0.5, 0.6) is 0 Å². The Morgan fingerprint density at radius 2 is 1.92 bits per heavy atom. The first-order valence-corrected chi connectivity index (χ1v) is 8.27. The second kappa shape index (κ2) is 7.14. The number of carboxylic acid groups (broad SMARTS) is 1. The number of carboxylic acids is 1. The third-order valence-electron chi connectivity index (χ3n) is 4.10. The number of halogens is 2. The van der Waals surface area contributed by atoms with Crippen molar-refractivity contribution in [3.63, 3.8) is 0 Å². The van der Waals surface area contributed by atoms with E-state index in [0.29, 0.717) is 5.69 Å². The zero-order valence-electron chi connectivity index (χ0n) is 14.2. The molecular weight excluding hydrogens is 355 g/mol. The van der Waals surface area contributed by atoms with Gasteiger partial charge in [-0.1, -0.05) is 23.7 Å². The van der Waals surface area contributed by atoms with Crippen LogP contribution < -0.4 is 0 Å². The fraction of sp³-hybridized carbons (Fsp3) is 0.100. The van der Waals surface area contributed by atoms with Crippen LogP contribution in [0.15, 0.2) is 53.5 Å². The topological polar surface area (TPSA) is 54.6 Å². The highest BCUT2D eigenvalue weighted by molar-refractivity contribution is 6.33. The molecule has 132 valence electrons. The zero-order valence-corrected chi connectivity index (χ0v) is 15.0. The predicted molar refractivity (Wildman–Crippen MR) is 101 cm³/mol. The molecule has 0 atom stereocenters. The number of aromatic carboxylic acids is 1. The molecule has 0 unspecified atom stereocenters. The van der Waals surface area contributed by atoms with Gasteiger partial charge in [-0.2, -0.15) is 0 Å². The van der Waals surface area contributed by atoms with Crippen LogP contribution in [0.3, 0.4) is 0 Å². The molecule has 0 radical (unpaired) electrons. The number of hydrogen-bond acceptors (Lipinski definition) is 2. The summed E-state index contributed by atoms with van der Waals surface area (Å²) in [5.41, 5.74) is 3.57. The van der Waals surface area contributed by atoms with Crippen LogP contribution >= 0.6 is 11.6 Å². The maximum absolute atomic E-state index is 13.7. The molecule has 26 heavy (non-hydrogen) atoms. The van der Waals surface area contributed by atoms with Crippen molar-refractivity contribution in [3.8, 4) is 5.69 Å². The molecule has 6 heteroatoms. The van der Waals surface area contributed by atoms with Gasteiger partial charge in [-0.15, -0.1) is 0 Å². The van der Waals surface area contributed by atoms with Crippen LogP contribution in [0.4, 0.5) is 10.1 Å². The zero-order chi connectivity index (χ0) is 18.8. The maximum atomic E-state index is 13.7. The van der Waals surface area contributed by atoms with Crippen LogP contribution in [0, 0.1) is 19.7 Å². The summed E-state index contributed by atoms with van der Waals surface area (Å²) >= 11 is 5.95. The van der Waals surface area contributed by atoms with E-state index < -0.39 is 5.97 Å². The molecule has 0 aliphatic carbocycles. The molecule has 2 aromatic carbocycles. The summed E-state index contributed by atoms with van der Waals surface area (Å²) in [4.78, 5) is 15.5. The summed E-state index contributed by atoms with van der Waals surface area (Å²) < 4.78 is 15.6.